The summed E-state index contributed by atoms with van der Waals surface area (Å²) in [6.45, 7) is 4.30. The number of ether oxygens (including phenoxy) is 2. The fraction of sp³-hybridized carbons (Fsp3) is 0.300. The van der Waals surface area contributed by atoms with Crippen molar-refractivity contribution in [1.29, 1.82) is 0 Å². The number of nitrogens with one attached hydrogen (secondary N) is 4. The van der Waals surface area contributed by atoms with Gasteiger partial charge in [-0.05, 0) is 80.1 Å². The Balaban J connectivity index is 0.952. The Hall–Kier alpha value is -5.56. The number of para-hydroxylation sites is 1. The van der Waals surface area contributed by atoms with Gasteiger partial charge in [0.2, 0.25) is 5.91 Å². The first-order valence-corrected chi connectivity index (χ1v) is 21.1. The molecule has 2 atom stereocenters. The van der Waals surface area contributed by atoms with Crippen molar-refractivity contribution in [3.8, 4) is 11.5 Å². The van der Waals surface area contributed by atoms with E-state index in [0.717, 1.165) is 15.6 Å². The van der Waals surface area contributed by atoms with E-state index in [1.165, 1.54) is 35.5 Å². The number of methoxy groups -OCH3 is 1. The molecule has 15 nitrogen and oxygen atoms in total. The lowest BCUT2D eigenvalue weighted by Crippen LogP contribution is -2.49. The summed E-state index contributed by atoms with van der Waals surface area (Å²) in [5.74, 6) is -0.933. The Labute approximate surface area is 344 Å². The highest BCUT2D eigenvalue weighted by Crippen LogP contribution is 2.43. The molecule has 5 aromatic rings. The summed E-state index contributed by atoms with van der Waals surface area (Å²) < 4.78 is 49.1. The second-order valence-electron chi connectivity index (χ2n) is 14.7. The van der Waals surface area contributed by atoms with Crippen molar-refractivity contribution in [2.24, 2.45) is 7.05 Å². The number of thiol groups is 1. The maximum atomic E-state index is 13.9. The number of anilines is 4. The second-order valence-corrected chi connectivity index (χ2v) is 18.6. The smallest absolute Gasteiger partial charge is 0.288 e. The number of benzene rings is 3. The van der Waals surface area contributed by atoms with Crippen LogP contribution in [0.1, 0.15) is 62.8 Å². The molecule has 0 aliphatic carbocycles. The van der Waals surface area contributed by atoms with E-state index < -0.39 is 27.4 Å². The number of aromatic nitrogens is 1. The SMILES string of the molecule is COc1cc2c(cc1OCCCC(=O)Nc1cc(C(=O)Nc3ccc4sc(C(=O)NCC(C)(C)S)cc4c3)n(C)c1)NC(S(=O)(=O)O)[C@@H]1Cc3ccccc3N1C2=O. The third-order valence-electron chi connectivity index (χ3n) is 9.74. The maximum absolute atomic E-state index is 13.9. The third-order valence-corrected chi connectivity index (χ3v) is 12.1. The molecule has 2 aliphatic heterocycles. The molecule has 0 spiro atoms. The van der Waals surface area contributed by atoms with Gasteiger partial charge < -0.3 is 40.2 Å². The van der Waals surface area contributed by atoms with Gasteiger partial charge in [0, 0.05) is 53.1 Å². The van der Waals surface area contributed by atoms with Crippen LogP contribution >= 0.6 is 24.0 Å². The van der Waals surface area contributed by atoms with E-state index in [-0.39, 0.29) is 71.1 Å². The van der Waals surface area contributed by atoms with Crippen LogP contribution in [0.3, 0.4) is 0 Å². The lowest BCUT2D eigenvalue weighted by Gasteiger charge is -2.27. The second kappa shape index (κ2) is 16.0. The van der Waals surface area contributed by atoms with E-state index in [0.29, 0.717) is 34.2 Å². The minimum Gasteiger partial charge on any atom is -0.493 e. The molecule has 0 bridgehead atoms. The molecule has 58 heavy (non-hydrogen) atoms. The summed E-state index contributed by atoms with van der Waals surface area (Å²) in [4.78, 5) is 54.6. The van der Waals surface area contributed by atoms with E-state index in [4.69, 9.17) is 9.47 Å². The van der Waals surface area contributed by atoms with Gasteiger partial charge in [-0.2, -0.15) is 21.0 Å². The molecule has 4 heterocycles. The molecule has 5 N–H and O–H groups in total. The van der Waals surface area contributed by atoms with Crippen LogP contribution in [0.25, 0.3) is 10.1 Å². The number of carbonyl (C=O) groups is 4. The van der Waals surface area contributed by atoms with E-state index in [1.54, 1.807) is 60.3 Å². The number of fused-ring (bicyclic) bond motifs is 5. The average molecular weight is 847 g/mol. The zero-order chi connectivity index (χ0) is 41.5. The Morgan fingerprint density at radius 3 is 2.53 bits per heavy atom. The van der Waals surface area contributed by atoms with Crippen LogP contribution in [0.2, 0.25) is 0 Å². The van der Waals surface area contributed by atoms with Gasteiger partial charge in [0.15, 0.2) is 16.9 Å². The maximum Gasteiger partial charge on any atom is 0.288 e. The molecule has 304 valence electrons. The van der Waals surface area contributed by atoms with Crippen LogP contribution in [0.4, 0.5) is 22.7 Å². The first-order valence-electron chi connectivity index (χ1n) is 18.3. The van der Waals surface area contributed by atoms with Crippen LogP contribution in [0, 0.1) is 0 Å². The zero-order valence-electron chi connectivity index (χ0n) is 32.0. The molecule has 0 fully saturated rings. The Kier molecular flexibility index (Phi) is 11.2. The lowest BCUT2D eigenvalue weighted by molar-refractivity contribution is -0.116. The van der Waals surface area contributed by atoms with Crippen molar-refractivity contribution in [2.75, 3.05) is 41.1 Å². The van der Waals surface area contributed by atoms with Crippen LogP contribution in [0.15, 0.2) is 72.9 Å². The van der Waals surface area contributed by atoms with Crippen molar-refractivity contribution >= 4 is 90.5 Å². The number of hydrogen-bond donors (Lipinski definition) is 6. The summed E-state index contributed by atoms with van der Waals surface area (Å²) >= 11 is 5.81. The highest BCUT2D eigenvalue weighted by Gasteiger charge is 2.47. The largest absolute Gasteiger partial charge is 0.493 e. The monoisotopic (exact) mass is 846 g/mol. The number of amides is 4. The summed E-state index contributed by atoms with van der Waals surface area (Å²) in [5, 5.41) is 10.7. The predicted octanol–water partition coefficient (Wildman–Crippen LogP) is 5.95. The van der Waals surface area contributed by atoms with Gasteiger partial charge in [0.05, 0.1) is 41.6 Å². The Morgan fingerprint density at radius 2 is 1.79 bits per heavy atom. The van der Waals surface area contributed by atoms with Crippen LogP contribution in [-0.2, 0) is 28.4 Å². The highest BCUT2D eigenvalue weighted by molar-refractivity contribution is 7.86. The molecular weight excluding hydrogens is 805 g/mol. The normalized spacial score (nSPS) is 16.1. The van der Waals surface area contributed by atoms with Gasteiger partial charge in [-0.1, -0.05) is 18.2 Å². The first kappa shape index (κ1) is 40.6. The quantitative estimate of drug-likeness (QED) is 0.0468. The number of nitrogens with zero attached hydrogens (tertiary/aromatic N) is 2. The summed E-state index contributed by atoms with van der Waals surface area (Å²) in [5.41, 5.74) is 2.91. The predicted molar refractivity (Wildman–Crippen MR) is 227 cm³/mol. The number of hydrogen-bond acceptors (Lipinski definition) is 11. The van der Waals surface area contributed by atoms with Crippen molar-refractivity contribution in [1.82, 2.24) is 9.88 Å². The molecular formula is C40H42N6O9S3. The average Bonchev–Trinajstić information content (AvgIpc) is 3.85. The standard InChI is InChI=1S/C40H42N6O9S3/c1-40(2,56)21-41-37(49)34-16-23-14-24(11-12-33(23)57-34)43-36(48)29-17-25(20-45(29)3)42-35(47)10-7-13-55-32-19-27-26(18-31(32)54-4)39(50)46-28-9-6-5-8-22(28)15-30(46)38(44-27)58(51,52)53/h5-6,8-9,11-12,14,16-20,30,38,44,56H,7,10,13,15,21H2,1-4H3,(H,41,49)(H,42,47)(H,43,48)(H,51,52,53)/t30-,38?/m0/s1. The number of thiophene rings is 1. The minimum absolute atomic E-state index is 0.0639. The van der Waals surface area contributed by atoms with Crippen molar-refractivity contribution in [3.63, 3.8) is 0 Å². The van der Waals surface area contributed by atoms with E-state index in [1.807, 2.05) is 26.0 Å². The topological polar surface area (TPSA) is 197 Å². The third kappa shape index (κ3) is 8.64. The van der Waals surface area contributed by atoms with E-state index in [9.17, 15) is 32.1 Å². The molecule has 3 aromatic carbocycles. The molecule has 4 amide bonds. The molecule has 2 aromatic heterocycles. The van der Waals surface area contributed by atoms with Gasteiger partial charge in [0.1, 0.15) is 5.69 Å². The Bertz CT molecular complexity index is 2560. The fourth-order valence-corrected chi connectivity index (χ4v) is 8.94. The van der Waals surface area contributed by atoms with Gasteiger partial charge in [-0.3, -0.25) is 23.7 Å². The van der Waals surface area contributed by atoms with E-state index in [2.05, 4.69) is 33.9 Å². The van der Waals surface area contributed by atoms with E-state index >= 15 is 0 Å². The lowest BCUT2D eigenvalue weighted by atomic mass is 10.1. The number of aryl methyl sites for hydroxylation is 1. The van der Waals surface area contributed by atoms with Crippen LogP contribution < -0.4 is 35.6 Å². The zero-order valence-corrected chi connectivity index (χ0v) is 34.5. The Morgan fingerprint density at radius 1 is 1.02 bits per heavy atom. The number of carbonyl (C=O) groups excluding carboxylic acids is 4. The molecule has 18 heteroatoms. The van der Waals surface area contributed by atoms with Crippen molar-refractivity contribution in [3.05, 3.63) is 94.6 Å². The molecule has 0 radical (unpaired) electrons. The van der Waals surface area contributed by atoms with Gasteiger partial charge in [-0.15, -0.1) is 11.3 Å². The van der Waals surface area contributed by atoms with Crippen LogP contribution in [0.5, 0.6) is 11.5 Å². The van der Waals surface area contributed by atoms with Crippen LogP contribution in [-0.4, -0.2) is 77.6 Å². The molecule has 0 saturated carbocycles. The van der Waals surface area contributed by atoms with Gasteiger partial charge in [0.25, 0.3) is 27.8 Å². The van der Waals surface area contributed by atoms with Gasteiger partial charge in [-0.25, -0.2) is 0 Å². The van der Waals surface area contributed by atoms with Crippen molar-refractivity contribution < 1.29 is 41.6 Å². The number of rotatable bonds is 13. The fourth-order valence-electron chi connectivity index (χ4n) is 7.01. The highest BCUT2D eigenvalue weighted by atomic mass is 32.2. The molecule has 1 unspecified atom stereocenters. The first-order chi connectivity index (χ1) is 27.5. The molecule has 7 rings (SSSR count). The minimum atomic E-state index is -4.66. The summed E-state index contributed by atoms with van der Waals surface area (Å²) in [6.07, 6.45) is 2.19. The van der Waals surface area contributed by atoms with Crippen molar-refractivity contribution in [2.45, 2.75) is 49.3 Å². The molecule has 2 aliphatic rings. The summed E-state index contributed by atoms with van der Waals surface area (Å²) in [6, 6.07) is 17.9. The molecule has 0 saturated heterocycles. The summed E-state index contributed by atoms with van der Waals surface area (Å²) in [7, 11) is -1.57. The van der Waals surface area contributed by atoms with Gasteiger partial charge >= 0.3 is 0 Å².